The zero-order valence-electron chi connectivity index (χ0n) is 17.2. The molecule has 1 saturated heterocycles. The van der Waals surface area contributed by atoms with Crippen LogP contribution in [-0.4, -0.2) is 38.6 Å². The molecule has 1 N–H and O–H groups in total. The van der Waals surface area contributed by atoms with E-state index >= 15 is 0 Å². The fourth-order valence-corrected chi connectivity index (χ4v) is 3.62. The number of para-hydroxylation sites is 1. The number of ether oxygens (including phenoxy) is 1. The number of carbonyl (C=O) groups excluding carboxylic acids is 2. The summed E-state index contributed by atoms with van der Waals surface area (Å²) in [7, 11) is 1.60. The van der Waals surface area contributed by atoms with Gasteiger partial charge in [-0.25, -0.2) is 0 Å². The van der Waals surface area contributed by atoms with Crippen molar-refractivity contribution in [3.63, 3.8) is 0 Å². The average Bonchev–Trinajstić information content (AvgIpc) is 2.77. The molecule has 2 aromatic carbocycles. The van der Waals surface area contributed by atoms with E-state index in [1.54, 1.807) is 7.11 Å². The predicted octanol–water partition coefficient (Wildman–Crippen LogP) is 3.35. The molecule has 0 aromatic heterocycles. The van der Waals surface area contributed by atoms with Gasteiger partial charge in [-0.05, 0) is 49.6 Å². The van der Waals surface area contributed by atoms with E-state index in [0.29, 0.717) is 6.54 Å². The van der Waals surface area contributed by atoms with Crippen molar-refractivity contribution < 1.29 is 14.3 Å². The van der Waals surface area contributed by atoms with Gasteiger partial charge in [0.05, 0.1) is 7.11 Å². The summed E-state index contributed by atoms with van der Waals surface area (Å²) in [5.74, 6) is 0.346. The molecule has 2 amide bonds. The van der Waals surface area contributed by atoms with Crippen LogP contribution in [0.15, 0.2) is 48.5 Å². The van der Waals surface area contributed by atoms with Crippen molar-refractivity contribution in [1.29, 1.82) is 0 Å². The lowest BCUT2D eigenvalue weighted by molar-refractivity contribution is -0.123. The molecule has 3 rings (SSSR count). The van der Waals surface area contributed by atoms with Crippen LogP contribution in [-0.2, 0) is 16.1 Å². The lowest BCUT2D eigenvalue weighted by Gasteiger charge is -2.29. The summed E-state index contributed by atoms with van der Waals surface area (Å²) in [6.07, 6.45) is 3.72. The number of nitrogens with zero attached hydrogens (tertiary/aromatic N) is 2. The number of nitrogens with one attached hydrogen (secondary N) is 1. The maximum Gasteiger partial charge on any atom is 0.240 e. The molecule has 0 saturated carbocycles. The quantitative estimate of drug-likeness (QED) is 0.781. The molecule has 0 atom stereocenters. The number of methoxy groups -OCH3 is 1. The number of anilines is 2. The van der Waals surface area contributed by atoms with Gasteiger partial charge in [0.1, 0.15) is 12.3 Å². The first kappa shape index (κ1) is 20.7. The SMILES string of the molecule is COc1ccccc1CNC(=O)CN(C(C)=O)c1ccc(N2CCCCC2)cc1. The molecular formula is C23H29N3O3. The van der Waals surface area contributed by atoms with Gasteiger partial charge in [-0.15, -0.1) is 0 Å². The first-order valence-electron chi connectivity index (χ1n) is 10.1. The Bertz CT molecular complexity index is 830. The molecule has 0 spiro atoms. The summed E-state index contributed by atoms with van der Waals surface area (Å²) in [5, 5.41) is 2.87. The number of carbonyl (C=O) groups is 2. The predicted molar refractivity (Wildman–Crippen MR) is 115 cm³/mol. The molecule has 0 aliphatic carbocycles. The number of benzene rings is 2. The molecule has 154 valence electrons. The summed E-state index contributed by atoms with van der Waals surface area (Å²) >= 11 is 0. The molecule has 1 aliphatic heterocycles. The molecule has 29 heavy (non-hydrogen) atoms. The molecule has 1 aliphatic rings. The summed E-state index contributed by atoms with van der Waals surface area (Å²) in [4.78, 5) is 28.5. The first-order valence-corrected chi connectivity index (χ1v) is 10.1. The van der Waals surface area contributed by atoms with Crippen LogP contribution in [0.3, 0.4) is 0 Å². The number of piperidine rings is 1. The molecule has 1 fully saturated rings. The Morgan fingerprint density at radius 1 is 1.03 bits per heavy atom. The van der Waals surface area contributed by atoms with E-state index in [-0.39, 0.29) is 18.4 Å². The molecular weight excluding hydrogens is 366 g/mol. The van der Waals surface area contributed by atoms with Crippen LogP contribution in [0.25, 0.3) is 0 Å². The van der Waals surface area contributed by atoms with Crippen molar-refractivity contribution in [1.82, 2.24) is 5.32 Å². The van der Waals surface area contributed by atoms with Crippen LogP contribution >= 0.6 is 0 Å². The van der Waals surface area contributed by atoms with Crippen LogP contribution < -0.4 is 19.9 Å². The lowest BCUT2D eigenvalue weighted by Crippen LogP contribution is -2.39. The Morgan fingerprint density at radius 3 is 2.38 bits per heavy atom. The summed E-state index contributed by atoms with van der Waals surface area (Å²) in [6.45, 7) is 3.95. The minimum Gasteiger partial charge on any atom is -0.496 e. The number of hydrogen-bond acceptors (Lipinski definition) is 4. The van der Waals surface area contributed by atoms with Crippen LogP contribution in [0.4, 0.5) is 11.4 Å². The second-order valence-corrected chi connectivity index (χ2v) is 7.26. The summed E-state index contributed by atoms with van der Waals surface area (Å²) < 4.78 is 5.31. The van der Waals surface area contributed by atoms with E-state index in [2.05, 4.69) is 10.2 Å². The lowest BCUT2D eigenvalue weighted by atomic mass is 10.1. The molecule has 0 unspecified atom stereocenters. The van der Waals surface area contributed by atoms with Gasteiger partial charge in [0.25, 0.3) is 0 Å². The Labute approximate surface area is 172 Å². The molecule has 6 nitrogen and oxygen atoms in total. The molecule has 2 aromatic rings. The van der Waals surface area contributed by atoms with Gasteiger partial charge in [0.2, 0.25) is 11.8 Å². The minimum atomic E-state index is -0.216. The van der Waals surface area contributed by atoms with E-state index in [1.807, 2.05) is 48.5 Å². The smallest absolute Gasteiger partial charge is 0.240 e. The van der Waals surface area contributed by atoms with Crippen LogP contribution in [0.1, 0.15) is 31.7 Å². The van der Waals surface area contributed by atoms with Crippen molar-refractivity contribution in [2.24, 2.45) is 0 Å². The highest BCUT2D eigenvalue weighted by molar-refractivity contribution is 5.97. The van der Waals surface area contributed by atoms with E-state index in [1.165, 1.54) is 31.1 Å². The zero-order valence-corrected chi connectivity index (χ0v) is 17.2. The Balaban J connectivity index is 1.62. The second-order valence-electron chi connectivity index (χ2n) is 7.26. The normalized spacial score (nSPS) is 13.7. The molecule has 1 heterocycles. The third kappa shape index (κ3) is 5.50. The van der Waals surface area contributed by atoms with Crippen molar-refractivity contribution in [3.05, 3.63) is 54.1 Å². The Hall–Kier alpha value is -3.02. The first-order chi connectivity index (χ1) is 14.1. The highest BCUT2D eigenvalue weighted by Crippen LogP contribution is 2.24. The van der Waals surface area contributed by atoms with E-state index in [4.69, 9.17) is 4.74 Å². The number of amides is 2. The highest BCUT2D eigenvalue weighted by Gasteiger charge is 2.17. The second kappa shape index (κ2) is 9.96. The van der Waals surface area contributed by atoms with E-state index in [0.717, 1.165) is 35.8 Å². The van der Waals surface area contributed by atoms with Crippen molar-refractivity contribution in [2.45, 2.75) is 32.7 Å². The van der Waals surface area contributed by atoms with Crippen LogP contribution in [0.2, 0.25) is 0 Å². The van der Waals surface area contributed by atoms with Crippen molar-refractivity contribution >= 4 is 23.2 Å². The Morgan fingerprint density at radius 2 is 1.72 bits per heavy atom. The van der Waals surface area contributed by atoms with Crippen molar-refractivity contribution in [3.8, 4) is 5.75 Å². The average molecular weight is 396 g/mol. The number of rotatable bonds is 7. The topological polar surface area (TPSA) is 61.9 Å². The van der Waals surface area contributed by atoms with E-state index < -0.39 is 0 Å². The summed E-state index contributed by atoms with van der Waals surface area (Å²) in [5.41, 5.74) is 2.78. The van der Waals surface area contributed by atoms with Gasteiger partial charge < -0.3 is 19.9 Å². The standard InChI is InChI=1S/C23H29N3O3/c1-18(27)26(17-23(28)24-16-19-8-4-5-9-22(19)29-2)21-12-10-20(11-13-21)25-14-6-3-7-15-25/h4-5,8-13H,3,6-7,14-17H2,1-2H3,(H,24,28). The molecule has 6 heteroatoms. The van der Waals surface area contributed by atoms with Crippen LogP contribution in [0, 0.1) is 0 Å². The zero-order chi connectivity index (χ0) is 20.6. The maximum atomic E-state index is 12.5. The third-order valence-corrected chi connectivity index (χ3v) is 5.23. The van der Waals surface area contributed by atoms with Gasteiger partial charge in [0, 0.05) is 43.5 Å². The molecule has 0 bridgehead atoms. The minimum absolute atomic E-state index is 0.0203. The van der Waals surface area contributed by atoms with E-state index in [9.17, 15) is 9.59 Å². The van der Waals surface area contributed by atoms with Gasteiger partial charge in [-0.2, -0.15) is 0 Å². The fourth-order valence-electron chi connectivity index (χ4n) is 3.62. The fraction of sp³-hybridized carbons (Fsp3) is 0.391. The third-order valence-electron chi connectivity index (χ3n) is 5.23. The largest absolute Gasteiger partial charge is 0.496 e. The Kier molecular flexibility index (Phi) is 7.11. The monoisotopic (exact) mass is 395 g/mol. The van der Waals surface area contributed by atoms with Gasteiger partial charge in [-0.1, -0.05) is 18.2 Å². The van der Waals surface area contributed by atoms with Crippen molar-refractivity contribution in [2.75, 3.05) is 36.5 Å². The van der Waals surface area contributed by atoms with Gasteiger partial charge in [-0.3, -0.25) is 9.59 Å². The van der Waals surface area contributed by atoms with Gasteiger partial charge >= 0.3 is 0 Å². The maximum absolute atomic E-state index is 12.5. The molecule has 0 radical (unpaired) electrons. The van der Waals surface area contributed by atoms with Crippen LogP contribution in [0.5, 0.6) is 5.75 Å². The van der Waals surface area contributed by atoms with Gasteiger partial charge in [0.15, 0.2) is 0 Å². The summed E-state index contributed by atoms with van der Waals surface area (Å²) in [6, 6.07) is 15.4. The highest BCUT2D eigenvalue weighted by atomic mass is 16.5. The number of hydrogen-bond donors (Lipinski definition) is 1.